The average Bonchev–Trinajstić information content (AvgIpc) is 1.58. The number of amides is 14. The summed E-state index contributed by atoms with van der Waals surface area (Å²) in [4.78, 5) is 213. The first kappa shape index (κ1) is 92.6. The summed E-state index contributed by atoms with van der Waals surface area (Å²) < 4.78 is 8.27. The Hall–Kier alpha value is -11.5. The molecule has 14 amide bonds. The molecule has 4 heterocycles. The smallest absolute Gasteiger partial charge is 0.251 e. The van der Waals surface area contributed by atoms with E-state index in [1.807, 2.05) is 10.6 Å². The topological polar surface area (TPSA) is 676 Å². The zero-order valence-electron chi connectivity index (χ0n) is 63.0. The van der Waals surface area contributed by atoms with Gasteiger partial charge in [0.1, 0.15) is 97.2 Å². The summed E-state index contributed by atoms with van der Waals surface area (Å²) in [6.45, 7) is -2.85. The summed E-state index contributed by atoms with van der Waals surface area (Å²) in [6, 6.07) is -0.451. The number of hydrogen-bond acceptors (Lipinski definition) is 26. The molecule has 0 spiro atoms. The molecule has 43 heteroatoms. The second-order valence-corrected chi connectivity index (χ2v) is 28.9. The molecule has 3 aliphatic heterocycles. The highest BCUT2D eigenvalue weighted by Crippen LogP contribution is 2.27. The van der Waals surface area contributed by atoms with Gasteiger partial charge in [-0.05, 0) is 55.5 Å². The van der Waals surface area contributed by atoms with Gasteiger partial charge in [0.2, 0.25) is 89.3 Å². The number of carbonyl (C=O) groups excluding carboxylic acids is 15. The molecule has 0 aliphatic carbocycles. The van der Waals surface area contributed by atoms with Crippen LogP contribution in [0.3, 0.4) is 0 Å². The number of aliphatic hydroxyl groups is 9. The van der Waals surface area contributed by atoms with Gasteiger partial charge in [-0.2, -0.15) is 0 Å². The van der Waals surface area contributed by atoms with Crippen LogP contribution in [-0.4, -0.2) is 275 Å². The molecular weight excluding hydrogens is 1610 g/mol. The van der Waals surface area contributed by atoms with Crippen LogP contribution in [0.5, 0.6) is 0 Å². The Balaban J connectivity index is 1.42. The molecule has 0 unspecified atom stereocenters. The van der Waals surface area contributed by atoms with Crippen LogP contribution in [0.15, 0.2) is 120 Å². The van der Waals surface area contributed by atoms with Gasteiger partial charge in [0.15, 0.2) is 6.10 Å². The molecular formula is C74H95BrN16O26. The van der Waals surface area contributed by atoms with Crippen molar-refractivity contribution in [3.63, 3.8) is 0 Å². The van der Waals surface area contributed by atoms with E-state index in [0.29, 0.717) is 21.2 Å². The number of carboxylic acids is 1. The number of rotatable bonds is 17. The van der Waals surface area contributed by atoms with Crippen LogP contribution in [0, 0.1) is 0 Å². The summed E-state index contributed by atoms with van der Waals surface area (Å²) in [5, 5.41) is 140. The number of imidazole rings is 1. The van der Waals surface area contributed by atoms with Gasteiger partial charge in [-0.3, -0.25) is 67.1 Å². The van der Waals surface area contributed by atoms with E-state index in [1.54, 1.807) is 79.7 Å². The Kier molecular flexibility index (Phi) is 34.8. The number of aliphatic hydroxyl groups excluding tert-OH is 9. The van der Waals surface area contributed by atoms with Gasteiger partial charge in [-0.15, -0.1) is 0 Å². The predicted molar refractivity (Wildman–Crippen MR) is 403 cm³/mol. The fourth-order valence-corrected chi connectivity index (χ4v) is 12.7. The first-order valence-corrected chi connectivity index (χ1v) is 37.5. The van der Waals surface area contributed by atoms with Crippen molar-refractivity contribution in [3.8, 4) is 0 Å². The number of aliphatic carboxylic acids is 1. The van der Waals surface area contributed by atoms with E-state index >= 15 is 9.59 Å². The van der Waals surface area contributed by atoms with Crippen LogP contribution in [0.2, 0.25) is 0 Å². The zero-order valence-corrected chi connectivity index (χ0v) is 64.6. The summed E-state index contributed by atoms with van der Waals surface area (Å²) >= 11 is 3.27. The monoisotopic (exact) mass is 1700 g/mol. The maximum Gasteiger partial charge on any atom is 0.251 e. The second kappa shape index (κ2) is 44.0. The number of carboxylic acid groups (broad SMARTS) is 1. The standard InChI is InChI=1S/C74H95BrN16O26/c1-35(16-17-37-10-5-3-6-11-37)22-51(95)43-27-56(100)80-49(31-92)68(110)86-48-30-90-29-41(91(34-90)73-61(103)59(101)53(97)33-117-73)25-46(65(107)88-57(36(2)94)71(113)87-50(32-93)69(111)83-45(64(106)82-43)23-38-12-7-4-8-13-38)79-55(99)15-9-14-42(74(115)116)81-70(112)52(96)28-78-63(105)44(24-39-18-20-40(75)21-19-39)85-72(114)58(60(102)62(77)104)89-66(108)47(26-54(76)98)84-67(48)109/h3-8,10-13,16-22,29,34,36,42-53,57-61,73,92-97,101-103H,9,14-15,23-28,30-33H2,1-2H3,(H16-,76,77,78,79,80,81,82,83,84,85,86,87,88,89,98,99,100,104,105,106,107,108,109,110,111,112,113,114,115,116)/b17-16+,35-22+/t36-,42-,43-,44-,45-,46-,47-,48-,49-,50-,51-,52-,53-,57-,58-,59-,60+,61+,73+/m0/s1. The van der Waals surface area contributed by atoms with Crippen molar-refractivity contribution in [1.29, 1.82) is 0 Å². The Morgan fingerprint density at radius 2 is 1.17 bits per heavy atom. The minimum atomic E-state index is -2.74. The predicted octanol–water partition coefficient (Wildman–Crippen LogP) is -11.6. The largest absolute Gasteiger partial charge is 0.548 e. The molecule has 117 heavy (non-hydrogen) atoms. The molecule has 25 N–H and O–H groups in total. The number of aromatic nitrogens is 2. The Labute approximate surface area is 675 Å². The van der Waals surface area contributed by atoms with Crippen molar-refractivity contribution in [3.05, 3.63) is 142 Å². The number of hydrogen-bond donors (Lipinski definition) is 23. The van der Waals surface area contributed by atoms with E-state index in [2.05, 4.69) is 69.1 Å². The lowest BCUT2D eigenvalue weighted by atomic mass is 10.0. The molecule has 1 aromatic heterocycles. The van der Waals surface area contributed by atoms with Crippen molar-refractivity contribution in [2.24, 2.45) is 11.5 Å². The summed E-state index contributed by atoms with van der Waals surface area (Å²) in [5.74, 6) is -21.7. The number of nitrogens with two attached hydrogens (primary N) is 2. The fourth-order valence-electron chi connectivity index (χ4n) is 12.4. The van der Waals surface area contributed by atoms with Gasteiger partial charge >= 0.3 is 0 Å². The fraction of sp³-hybridized carbons (Fsp3) is 0.459. The number of fused-ring (bicyclic) bond motifs is 2. The van der Waals surface area contributed by atoms with E-state index in [0.717, 1.165) is 28.6 Å². The van der Waals surface area contributed by atoms with E-state index in [-0.39, 0.29) is 17.7 Å². The van der Waals surface area contributed by atoms with Crippen LogP contribution >= 0.6 is 15.9 Å². The van der Waals surface area contributed by atoms with E-state index < -0.39 is 282 Å². The van der Waals surface area contributed by atoms with Crippen LogP contribution in [0.1, 0.15) is 74.6 Å². The highest BCUT2D eigenvalue weighted by Gasteiger charge is 2.45. The van der Waals surface area contributed by atoms with E-state index in [1.165, 1.54) is 30.3 Å². The number of allylic oxidation sites excluding steroid dienone is 2. The molecule has 42 nitrogen and oxygen atoms in total. The number of benzene rings is 3. The molecule has 1 fully saturated rings. The third kappa shape index (κ3) is 27.6. The van der Waals surface area contributed by atoms with Gasteiger partial charge < -0.3 is 136 Å². The van der Waals surface area contributed by atoms with E-state index in [9.17, 15) is 113 Å². The highest BCUT2D eigenvalue weighted by molar-refractivity contribution is 9.10. The van der Waals surface area contributed by atoms with E-state index in [4.69, 9.17) is 16.2 Å². The molecule has 1 saturated heterocycles. The van der Waals surface area contributed by atoms with Crippen LogP contribution in [0.4, 0.5) is 0 Å². The summed E-state index contributed by atoms with van der Waals surface area (Å²) in [6.07, 6.45) is -16.2. The highest BCUT2D eigenvalue weighted by atomic mass is 79.9. The first-order chi connectivity index (χ1) is 55.4. The van der Waals surface area contributed by atoms with Crippen molar-refractivity contribution in [2.75, 3.05) is 26.4 Å². The minimum Gasteiger partial charge on any atom is -0.548 e. The molecule has 0 saturated carbocycles. The number of ether oxygens (including phenoxy) is 1. The number of nitrogens with one attached hydrogen (secondary N) is 12. The molecule has 3 aliphatic rings. The number of primary amides is 2. The lowest BCUT2D eigenvalue weighted by Gasteiger charge is -2.33. The lowest BCUT2D eigenvalue weighted by Crippen LogP contribution is -2.64. The molecule has 4 aromatic rings. The minimum absolute atomic E-state index is 0.283. The van der Waals surface area contributed by atoms with Gasteiger partial charge in [-0.25, -0.2) is 9.13 Å². The lowest BCUT2D eigenvalue weighted by molar-refractivity contribution is -0.697. The van der Waals surface area contributed by atoms with Crippen molar-refractivity contribution in [1.82, 2.24) is 68.4 Å². The van der Waals surface area contributed by atoms with Gasteiger partial charge in [0.05, 0.1) is 63.0 Å². The summed E-state index contributed by atoms with van der Waals surface area (Å²) in [5.41, 5.74) is 12.5. The Morgan fingerprint density at radius 1 is 0.615 bits per heavy atom. The van der Waals surface area contributed by atoms with Gasteiger partial charge in [-0.1, -0.05) is 113 Å². The third-order valence-corrected chi connectivity index (χ3v) is 19.3. The maximum absolute atomic E-state index is 15.3. The van der Waals surface area contributed by atoms with Crippen molar-refractivity contribution < 1.29 is 132 Å². The number of β-amino-alcohol motifs (C(OH)–C–C–N with tert-alkyl or cyclic N) is 1. The van der Waals surface area contributed by atoms with Crippen LogP contribution < -0.4 is 84.9 Å². The average molecular weight is 1700 g/mol. The van der Waals surface area contributed by atoms with Crippen LogP contribution in [-0.2, 0) is 102 Å². The number of halogens is 1. The van der Waals surface area contributed by atoms with Crippen molar-refractivity contribution >= 4 is 111 Å². The third-order valence-electron chi connectivity index (χ3n) is 18.8. The quantitative estimate of drug-likeness (QED) is 0.0345. The second-order valence-electron chi connectivity index (χ2n) is 28.0. The number of carbonyl (C=O) groups is 15. The Bertz CT molecular complexity index is 4290. The SMILES string of the molecule is CC(/C=C/c1ccccc1)=C\[C@H](O)[C@@H]1CC(=O)N[C@@H](CO)C(=O)N[C@H]2C[n+]3cc(n([C@@H]4OC[C@H](O)[C@H](O)[C@H]4O)c3)C[C@H](NC(=O)CCC[C@@H](C(=O)[O-])NC(=O)[C@@H](O)CNC(=O)[C@H](Cc3ccc(Br)cc3)NC(=O)[C@H]([C@@H](O)C(N)=O)NC(=O)[C@H](CC(N)=O)NC2=O)C(=O)N[C@@H]([C@H](C)O)C(=O)N[C@@H](CO)C(=O)N[C@@H](Cc2ccccc2)C(=O)N1. The Morgan fingerprint density at radius 3 is 1.79 bits per heavy atom. The zero-order chi connectivity index (χ0) is 86.1. The summed E-state index contributed by atoms with van der Waals surface area (Å²) in [7, 11) is 0. The number of nitrogens with zero attached hydrogens (tertiary/aromatic N) is 2. The molecule has 4 bridgehead atoms. The van der Waals surface area contributed by atoms with Gasteiger partial charge in [0.25, 0.3) is 5.91 Å². The molecule has 7 rings (SSSR count). The molecule has 19 atom stereocenters. The molecule has 0 radical (unpaired) electrons. The molecule has 634 valence electrons. The maximum atomic E-state index is 15.3. The van der Waals surface area contributed by atoms with Crippen LogP contribution in [0.25, 0.3) is 6.08 Å². The van der Waals surface area contributed by atoms with Crippen molar-refractivity contribution in [2.45, 2.75) is 187 Å². The normalized spacial score (nSPS) is 27.8. The molecule has 3 aromatic carbocycles. The van der Waals surface area contributed by atoms with Gasteiger partial charge in [0, 0.05) is 36.6 Å². The first-order valence-electron chi connectivity index (χ1n) is 36.7.